The quantitative estimate of drug-likeness (QED) is 0.566. The lowest BCUT2D eigenvalue weighted by atomic mass is 10.1. The van der Waals surface area contributed by atoms with E-state index in [1.165, 1.54) is 0 Å². The van der Waals surface area contributed by atoms with Gasteiger partial charge in [0.2, 0.25) is 0 Å². The minimum Gasteiger partial charge on any atom is -0.381 e. The Labute approximate surface area is 61.5 Å². The van der Waals surface area contributed by atoms with Crippen molar-refractivity contribution in [1.82, 2.24) is 0 Å². The second-order valence-electron chi connectivity index (χ2n) is 2.59. The van der Waals surface area contributed by atoms with Crippen molar-refractivity contribution in [2.24, 2.45) is 11.7 Å². The van der Waals surface area contributed by atoms with Crippen molar-refractivity contribution in [2.75, 3.05) is 33.0 Å². The maximum absolute atomic E-state index is 5.26. The lowest BCUT2D eigenvalue weighted by Crippen LogP contribution is -2.14. The van der Waals surface area contributed by atoms with E-state index in [1.54, 1.807) is 0 Å². The van der Waals surface area contributed by atoms with Gasteiger partial charge in [-0.05, 0) is 6.42 Å². The maximum Gasteiger partial charge on any atom is 0.0588 e. The van der Waals surface area contributed by atoms with Crippen molar-refractivity contribution >= 4 is 0 Å². The van der Waals surface area contributed by atoms with E-state index in [2.05, 4.69) is 0 Å². The van der Waals surface area contributed by atoms with Gasteiger partial charge in [-0.3, -0.25) is 0 Å². The topological polar surface area (TPSA) is 44.5 Å². The van der Waals surface area contributed by atoms with E-state index >= 15 is 0 Å². The zero-order valence-corrected chi connectivity index (χ0v) is 6.21. The lowest BCUT2D eigenvalue weighted by Gasteiger charge is -2.06. The molecule has 3 nitrogen and oxygen atoms in total. The molecule has 0 aromatic heterocycles. The van der Waals surface area contributed by atoms with Crippen molar-refractivity contribution in [3.05, 3.63) is 0 Å². The molecule has 10 heavy (non-hydrogen) atoms. The number of rotatable bonds is 4. The molecule has 0 aromatic carbocycles. The Balaban J connectivity index is 1.91. The standard InChI is InChI=1S/C7H15NO2/c8-2-4-10-6-7-1-3-9-5-7/h7H,1-6,8H2/t7-/m0/s1. The van der Waals surface area contributed by atoms with Gasteiger partial charge in [0.05, 0.1) is 19.8 Å². The van der Waals surface area contributed by atoms with Gasteiger partial charge in [0.1, 0.15) is 0 Å². The molecule has 3 heteroatoms. The molecule has 0 aromatic rings. The summed E-state index contributed by atoms with van der Waals surface area (Å²) in [4.78, 5) is 0. The predicted molar refractivity (Wildman–Crippen MR) is 38.8 cm³/mol. The van der Waals surface area contributed by atoms with Crippen molar-refractivity contribution in [3.8, 4) is 0 Å². The van der Waals surface area contributed by atoms with Crippen LogP contribution in [0.2, 0.25) is 0 Å². The molecule has 60 valence electrons. The second kappa shape index (κ2) is 4.66. The molecule has 0 radical (unpaired) electrons. The highest BCUT2D eigenvalue weighted by atomic mass is 16.5. The maximum atomic E-state index is 5.26. The van der Waals surface area contributed by atoms with Crippen LogP contribution in [-0.4, -0.2) is 33.0 Å². The Morgan fingerprint density at radius 2 is 2.50 bits per heavy atom. The minimum atomic E-state index is 0.617. The third kappa shape index (κ3) is 2.64. The molecular weight excluding hydrogens is 130 g/mol. The van der Waals surface area contributed by atoms with Gasteiger partial charge in [-0.2, -0.15) is 0 Å². The Morgan fingerprint density at radius 1 is 1.60 bits per heavy atom. The van der Waals surface area contributed by atoms with Gasteiger partial charge >= 0.3 is 0 Å². The summed E-state index contributed by atoms with van der Waals surface area (Å²) in [5.41, 5.74) is 5.26. The van der Waals surface area contributed by atoms with Gasteiger partial charge < -0.3 is 15.2 Å². The fraction of sp³-hybridized carbons (Fsp3) is 1.00. The highest BCUT2D eigenvalue weighted by molar-refractivity contribution is 4.62. The number of nitrogens with two attached hydrogens (primary N) is 1. The molecule has 1 aliphatic rings. The molecule has 1 aliphatic heterocycles. The third-order valence-electron chi connectivity index (χ3n) is 1.64. The summed E-state index contributed by atoms with van der Waals surface area (Å²) in [6.45, 7) is 3.88. The fourth-order valence-electron chi connectivity index (χ4n) is 1.05. The van der Waals surface area contributed by atoms with Crippen LogP contribution in [0.25, 0.3) is 0 Å². The smallest absolute Gasteiger partial charge is 0.0588 e. The van der Waals surface area contributed by atoms with Crippen LogP contribution < -0.4 is 5.73 Å². The monoisotopic (exact) mass is 145 g/mol. The molecule has 0 aliphatic carbocycles. The van der Waals surface area contributed by atoms with Gasteiger partial charge in [-0.1, -0.05) is 0 Å². The molecule has 2 N–H and O–H groups in total. The molecule has 0 spiro atoms. The molecule has 1 atom stereocenters. The summed E-state index contributed by atoms with van der Waals surface area (Å²) < 4.78 is 10.4. The van der Waals surface area contributed by atoms with E-state index in [-0.39, 0.29) is 0 Å². The molecule has 0 unspecified atom stereocenters. The summed E-state index contributed by atoms with van der Waals surface area (Å²) in [6.07, 6.45) is 1.14. The molecule has 0 bridgehead atoms. The molecule has 0 saturated carbocycles. The van der Waals surface area contributed by atoms with Crippen LogP contribution in [0.15, 0.2) is 0 Å². The SMILES string of the molecule is NCCOC[C@H]1CCOC1. The van der Waals surface area contributed by atoms with Crippen LogP contribution in [0.4, 0.5) is 0 Å². The van der Waals surface area contributed by atoms with E-state index < -0.39 is 0 Å². The highest BCUT2D eigenvalue weighted by Crippen LogP contribution is 2.11. The van der Waals surface area contributed by atoms with E-state index in [1.807, 2.05) is 0 Å². The van der Waals surface area contributed by atoms with Gasteiger partial charge in [0.15, 0.2) is 0 Å². The number of hydrogen-bond donors (Lipinski definition) is 1. The van der Waals surface area contributed by atoms with E-state index in [9.17, 15) is 0 Å². The zero-order chi connectivity index (χ0) is 7.23. The van der Waals surface area contributed by atoms with Gasteiger partial charge in [-0.15, -0.1) is 0 Å². The second-order valence-corrected chi connectivity index (χ2v) is 2.59. The summed E-state index contributed by atoms with van der Waals surface area (Å²) in [7, 11) is 0. The number of ether oxygens (including phenoxy) is 2. The zero-order valence-electron chi connectivity index (χ0n) is 6.21. The Kier molecular flexibility index (Phi) is 3.72. The van der Waals surface area contributed by atoms with Crippen LogP contribution in [0.3, 0.4) is 0 Å². The molecule has 1 rings (SSSR count). The Morgan fingerprint density at radius 3 is 3.10 bits per heavy atom. The largest absolute Gasteiger partial charge is 0.381 e. The van der Waals surface area contributed by atoms with E-state index in [0.717, 1.165) is 26.2 Å². The summed E-state index contributed by atoms with van der Waals surface area (Å²) in [5.74, 6) is 0.617. The molecule has 1 heterocycles. The first-order chi connectivity index (χ1) is 4.93. The molecular formula is C7H15NO2. The Bertz CT molecular complexity index is 81.7. The van der Waals surface area contributed by atoms with E-state index in [4.69, 9.17) is 15.2 Å². The Hall–Kier alpha value is -0.120. The van der Waals surface area contributed by atoms with Crippen LogP contribution in [0.1, 0.15) is 6.42 Å². The first-order valence-corrected chi connectivity index (χ1v) is 3.79. The van der Waals surface area contributed by atoms with Gasteiger partial charge in [-0.25, -0.2) is 0 Å². The van der Waals surface area contributed by atoms with Crippen molar-refractivity contribution in [3.63, 3.8) is 0 Å². The summed E-state index contributed by atoms with van der Waals surface area (Å²) in [6, 6.07) is 0. The predicted octanol–water partition coefficient (Wildman–Crippen LogP) is -0.00180. The van der Waals surface area contributed by atoms with Crippen molar-refractivity contribution in [2.45, 2.75) is 6.42 Å². The third-order valence-corrected chi connectivity index (χ3v) is 1.64. The highest BCUT2D eigenvalue weighted by Gasteiger charge is 2.14. The average Bonchev–Trinajstić information content (AvgIpc) is 2.41. The van der Waals surface area contributed by atoms with Crippen LogP contribution in [0.5, 0.6) is 0 Å². The van der Waals surface area contributed by atoms with Crippen molar-refractivity contribution < 1.29 is 9.47 Å². The minimum absolute atomic E-state index is 0.617. The average molecular weight is 145 g/mol. The summed E-state index contributed by atoms with van der Waals surface area (Å²) in [5, 5.41) is 0. The van der Waals surface area contributed by atoms with Gasteiger partial charge in [0.25, 0.3) is 0 Å². The van der Waals surface area contributed by atoms with Crippen LogP contribution >= 0.6 is 0 Å². The summed E-state index contributed by atoms with van der Waals surface area (Å²) >= 11 is 0. The fourth-order valence-corrected chi connectivity index (χ4v) is 1.05. The molecule has 1 fully saturated rings. The first-order valence-electron chi connectivity index (χ1n) is 3.79. The van der Waals surface area contributed by atoms with Crippen LogP contribution in [0, 0.1) is 5.92 Å². The molecule has 1 saturated heterocycles. The first kappa shape index (κ1) is 7.98. The lowest BCUT2D eigenvalue weighted by molar-refractivity contribution is 0.0949. The number of hydrogen-bond acceptors (Lipinski definition) is 3. The van der Waals surface area contributed by atoms with Gasteiger partial charge in [0, 0.05) is 19.1 Å². The van der Waals surface area contributed by atoms with E-state index in [0.29, 0.717) is 19.1 Å². The normalized spacial score (nSPS) is 25.5. The molecule has 0 amide bonds. The van der Waals surface area contributed by atoms with Crippen LogP contribution in [-0.2, 0) is 9.47 Å². The van der Waals surface area contributed by atoms with Crippen molar-refractivity contribution in [1.29, 1.82) is 0 Å².